The summed E-state index contributed by atoms with van der Waals surface area (Å²) in [5, 5.41) is 9.24. The minimum Gasteiger partial charge on any atom is -0.496 e. The van der Waals surface area contributed by atoms with Crippen LogP contribution >= 0.6 is 0 Å². The average molecular weight is 270 g/mol. The van der Waals surface area contributed by atoms with E-state index in [-0.39, 0.29) is 5.91 Å². The summed E-state index contributed by atoms with van der Waals surface area (Å²) in [5.41, 5.74) is 0.235. The monoisotopic (exact) mass is 270 g/mol. The number of hydrogen-bond donors (Lipinski definition) is 0. The Hall–Kier alpha value is -2.28. The quantitative estimate of drug-likeness (QED) is 0.790. The van der Waals surface area contributed by atoms with Crippen LogP contribution in [0.3, 0.4) is 0 Å². The lowest BCUT2D eigenvalue weighted by Crippen LogP contribution is -2.52. The number of amides is 1. The van der Waals surface area contributed by atoms with Crippen molar-refractivity contribution in [1.82, 2.24) is 4.90 Å². The van der Waals surface area contributed by atoms with Crippen LogP contribution in [0.5, 0.6) is 5.75 Å². The molecule has 0 saturated heterocycles. The van der Waals surface area contributed by atoms with Crippen LogP contribution in [-0.2, 0) is 4.79 Å². The number of benzene rings is 1. The first-order chi connectivity index (χ1) is 9.63. The van der Waals surface area contributed by atoms with Crippen LogP contribution in [0, 0.1) is 11.3 Å². The molecule has 1 amide bonds. The number of likely N-dealkylation sites (N-methyl/N-ethyl adjacent to an activating group) is 1. The summed E-state index contributed by atoms with van der Waals surface area (Å²) in [4.78, 5) is 13.7. The summed E-state index contributed by atoms with van der Waals surface area (Å²) in [6.45, 7) is 0. The van der Waals surface area contributed by atoms with E-state index in [1.165, 1.54) is 6.08 Å². The number of rotatable bonds is 4. The summed E-state index contributed by atoms with van der Waals surface area (Å²) >= 11 is 0. The van der Waals surface area contributed by atoms with E-state index in [9.17, 15) is 10.1 Å². The van der Waals surface area contributed by atoms with Crippen molar-refractivity contribution in [2.24, 2.45) is 0 Å². The highest BCUT2D eigenvalue weighted by molar-refractivity contribution is 5.92. The molecule has 1 saturated carbocycles. The second-order valence-corrected chi connectivity index (χ2v) is 4.97. The van der Waals surface area contributed by atoms with Gasteiger partial charge in [0, 0.05) is 18.7 Å². The van der Waals surface area contributed by atoms with Gasteiger partial charge >= 0.3 is 0 Å². The second kappa shape index (κ2) is 5.79. The molecule has 2 rings (SSSR count). The van der Waals surface area contributed by atoms with E-state index in [0.717, 1.165) is 30.6 Å². The van der Waals surface area contributed by atoms with Crippen molar-refractivity contribution in [1.29, 1.82) is 5.26 Å². The topological polar surface area (TPSA) is 53.3 Å². The maximum atomic E-state index is 12.2. The number of hydrogen-bond acceptors (Lipinski definition) is 3. The van der Waals surface area contributed by atoms with Crippen LogP contribution in [0.1, 0.15) is 24.8 Å². The molecule has 0 spiro atoms. The Morgan fingerprint density at radius 1 is 1.45 bits per heavy atom. The number of nitriles is 1. The Bertz CT molecular complexity index is 568. The molecule has 0 aliphatic heterocycles. The van der Waals surface area contributed by atoms with Gasteiger partial charge in [0.15, 0.2) is 0 Å². The van der Waals surface area contributed by atoms with E-state index >= 15 is 0 Å². The maximum absolute atomic E-state index is 12.2. The zero-order valence-electron chi connectivity index (χ0n) is 11.8. The molecule has 20 heavy (non-hydrogen) atoms. The highest BCUT2D eigenvalue weighted by Crippen LogP contribution is 2.36. The number of carbonyl (C=O) groups excluding carboxylic acids is 1. The van der Waals surface area contributed by atoms with E-state index in [2.05, 4.69) is 6.07 Å². The van der Waals surface area contributed by atoms with Gasteiger partial charge in [-0.05, 0) is 31.4 Å². The van der Waals surface area contributed by atoms with E-state index < -0.39 is 5.54 Å². The minimum atomic E-state index is -0.609. The molecule has 104 valence electrons. The average Bonchev–Trinajstić information content (AvgIpc) is 2.44. The van der Waals surface area contributed by atoms with Gasteiger partial charge in [-0.25, -0.2) is 0 Å². The lowest BCUT2D eigenvalue weighted by Gasteiger charge is -2.42. The molecule has 4 heteroatoms. The van der Waals surface area contributed by atoms with Gasteiger partial charge in [0.05, 0.1) is 13.2 Å². The molecule has 0 unspecified atom stereocenters. The third-order valence-electron chi connectivity index (χ3n) is 3.91. The van der Waals surface area contributed by atoms with E-state index in [4.69, 9.17) is 4.74 Å². The van der Waals surface area contributed by atoms with E-state index in [0.29, 0.717) is 0 Å². The number of nitrogens with zero attached hydrogens (tertiary/aromatic N) is 2. The molecule has 1 aliphatic carbocycles. The van der Waals surface area contributed by atoms with Crippen LogP contribution < -0.4 is 4.74 Å². The van der Waals surface area contributed by atoms with Crippen LogP contribution in [0.4, 0.5) is 0 Å². The first kappa shape index (κ1) is 14.1. The van der Waals surface area contributed by atoms with Crippen molar-refractivity contribution in [3.8, 4) is 11.8 Å². The van der Waals surface area contributed by atoms with Crippen molar-refractivity contribution < 1.29 is 9.53 Å². The summed E-state index contributed by atoms with van der Waals surface area (Å²) in [7, 11) is 3.29. The summed E-state index contributed by atoms with van der Waals surface area (Å²) in [5.74, 6) is 0.565. The fourth-order valence-corrected chi connectivity index (χ4v) is 2.32. The molecule has 1 aromatic carbocycles. The Labute approximate surface area is 119 Å². The molecule has 1 aliphatic rings. The van der Waals surface area contributed by atoms with Crippen molar-refractivity contribution in [2.45, 2.75) is 24.8 Å². The van der Waals surface area contributed by atoms with Gasteiger partial charge in [-0.3, -0.25) is 4.79 Å². The Balaban J connectivity index is 2.11. The normalized spacial score (nSPS) is 16.2. The molecule has 1 fully saturated rings. The molecule has 0 heterocycles. The molecular weight excluding hydrogens is 252 g/mol. The number of methoxy groups -OCH3 is 1. The first-order valence-corrected chi connectivity index (χ1v) is 6.63. The van der Waals surface area contributed by atoms with Gasteiger partial charge in [0.1, 0.15) is 11.3 Å². The third-order valence-corrected chi connectivity index (χ3v) is 3.91. The predicted octanol–water partition coefficient (Wildman–Crippen LogP) is 2.61. The molecule has 4 nitrogen and oxygen atoms in total. The SMILES string of the molecule is COc1ccccc1/C=C/C(=O)N(C)C1(C#N)CCC1. The van der Waals surface area contributed by atoms with Crippen LogP contribution in [0.25, 0.3) is 6.08 Å². The van der Waals surface area contributed by atoms with Crippen LogP contribution in [-0.4, -0.2) is 30.5 Å². The molecule has 0 aromatic heterocycles. The zero-order valence-corrected chi connectivity index (χ0v) is 11.8. The number of carbonyl (C=O) groups is 1. The van der Waals surface area contributed by atoms with Gasteiger partial charge in [0.25, 0.3) is 0 Å². The Morgan fingerprint density at radius 3 is 2.70 bits per heavy atom. The summed E-state index contributed by atoms with van der Waals surface area (Å²) < 4.78 is 5.23. The van der Waals surface area contributed by atoms with Gasteiger partial charge in [-0.15, -0.1) is 0 Å². The zero-order chi connectivity index (χ0) is 14.6. The number of para-hydroxylation sites is 1. The highest BCUT2D eigenvalue weighted by atomic mass is 16.5. The van der Waals surface area contributed by atoms with Gasteiger partial charge in [-0.1, -0.05) is 18.2 Å². The summed E-state index contributed by atoms with van der Waals surface area (Å²) in [6.07, 6.45) is 5.74. The second-order valence-electron chi connectivity index (χ2n) is 4.97. The summed E-state index contributed by atoms with van der Waals surface area (Å²) in [6, 6.07) is 9.75. The third kappa shape index (κ3) is 2.53. The molecule has 0 atom stereocenters. The minimum absolute atomic E-state index is 0.155. The predicted molar refractivity (Wildman–Crippen MR) is 77.0 cm³/mol. The standard InChI is InChI=1S/C16H18N2O2/c1-18(16(12-17)10-5-11-16)15(19)9-8-13-6-3-4-7-14(13)20-2/h3-4,6-9H,5,10-11H2,1-2H3/b9-8+. The molecule has 0 bridgehead atoms. The highest BCUT2D eigenvalue weighted by Gasteiger charge is 2.42. The van der Waals surface area contributed by atoms with Crippen LogP contribution in [0.15, 0.2) is 30.3 Å². The number of ether oxygens (including phenoxy) is 1. The maximum Gasteiger partial charge on any atom is 0.247 e. The lowest BCUT2D eigenvalue weighted by atomic mass is 9.76. The fraction of sp³-hybridized carbons (Fsp3) is 0.375. The molecule has 0 radical (unpaired) electrons. The lowest BCUT2D eigenvalue weighted by molar-refractivity contribution is -0.130. The Morgan fingerprint density at radius 2 is 2.15 bits per heavy atom. The van der Waals surface area contributed by atoms with E-state index in [1.54, 1.807) is 25.1 Å². The van der Waals surface area contributed by atoms with Crippen molar-refractivity contribution >= 4 is 12.0 Å². The van der Waals surface area contributed by atoms with E-state index in [1.807, 2.05) is 24.3 Å². The van der Waals surface area contributed by atoms with Crippen molar-refractivity contribution in [2.75, 3.05) is 14.2 Å². The first-order valence-electron chi connectivity index (χ1n) is 6.63. The largest absolute Gasteiger partial charge is 0.496 e. The fourth-order valence-electron chi connectivity index (χ4n) is 2.32. The molecular formula is C16H18N2O2. The van der Waals surface area contributed by atoms with Gasteiger partial charge < -0.3 is 9.64 Å². The smallest absolute Gasteiger partial charge is 0.247 e. The Kier molecular flexibility index (Phi) is 4.09. The molecule has 0 N–H and O–H groups in total. The van der Waals surface area contributed by atoms with Crippen LogP contribution in [0.2, 0.25) is 0 Å². The van der Waals surface area contributed by atoms with Gasteiger partial charge in [0.2, 0.25) is 5.91 Å². The van der Waals surface area contributed by atoms with Crippen molar-refractivity contribution in [3.05, 3.63) is 35.9 Å². The van der Waals surface area contributed by atoms with Gasteiger partial charge in [-0.2, -0.15) is 5.26 Å². The molecule has 1 aromatic rings. The van der Waals surface area contributed by atoms with Crippen molar-refractivity contribution in [3.63, 3.8) is 0 Å².